The molecule has 4 heteroatoms. The van der Waals surface area contributed by atoms with Crippen molar-refractivity contribution in [2.75, 3.05) is 19.8 Å². The molecule has 1 fully saturated rings. The first-order valence-corrected chi connectivity index (χ1v) is 6.27. The van der Waals surface area contributed by atoms with E-state index in [4.69, 9.17) is 27.4 Å². The monoisotopic (exact) mass is 251 g/mol. The fourth-order valence-electron chi connectivity index (χ4n) is 1.47. The SMILES string of the molecule is NC(=S)c1ccc(OCCOCC2CC2)cc1. The summed E-state index contributed by atoms with van der Waals surface area (Å²) in [5, 5.41) is 0. The molecule has 0 bridgehead atoms. The topological polar surface area (TPSA) is 44.5 Å². The number of nitrogens with two attached hydrogens (primary N) is 1. The fourth-order valence-corrected chi connectivity index (χ4v) is 1.60. The van der Waals surface area contributed by atoms with Crippen LogP contribution in [-0.2, 0) is 4.74 Å². The Balaban J connectivity index is 1.65. The molecular formula is C13H17NO2S. The van der Waals surface area contributed by atoms with Gasteiger partial charge in [-0.2, -0.15) is 0 Å². The summed E-state index contributed by atoms with van der Waals surface area (Å²) in [5.74, 6) is 1.62. The summed E-state index contributed by atoms with van der Waals surface area (Å²) in [4.78, 5) is 0.407. The van der Waals surface area contributed by atoms with Crippen LogP contribution >= 0.6 is 12.2 Å². The van der Waals surface area contributed by atoms with E-state index in [1.807, 2.05) is 24.3 Å². The number of hydrogen-bond donors (Lipinski definition) is 1. The number of ether oxygens (including phenoxy) is 2. The molecule has 17 heavy (non-hydrogen) atoms. The zero-order valence-electron chi connectivity index (χ0n) is 9.72. The quantitative estimate of drug-likeness (QED) is 0.595. The van der Waals surface area contributed by atoms with E-state index < -0.39 is 0 Å². The highest BCUT2D eigenvalue weighted by Crippen LogP contribution is 2.28. The lowest BCUT2D eigenvalue weighted by atomic mass is 10.2. The van der Waals surface area contributed by atoms with Gasteiger partial charge >= 0.3 is 0 Å². The molecule has 0 saturated heterocycles. The van der Waals surface area contributed by atoms with E-state index in [-0.39, 0.29) is 0 Å². The Kier molecular flexibility index (Phi) is 4.34. The summed E-state index contributed by atoms with van der Waals surface area (Å²) in [7, 11) is 0. The lowest BCUT2D eigenvalue weighted by Gasteiger charge is -2.07. The summed E-state index contributed by atoms with van der Waals surface area (Å²) >= 11 is 4.87. The maximum atomic E-state index is 5.53. The van der Waals surface area contributed by atoms with Crippen LogP contribution in [0.25, 0.3) is 0 Å². The molecule has 0 radical (unpaired) electrons. The molecule has 1 aliphatic carbocycles. The number of rotatable bonds is 7. The molecule has 2 N–H and O–H groups in total. The maximum Gasteiger partial charge on any atom is 0.119 e. The van der Waals surface area contributed by atoms with Crippen molar-refractivity contribution in [3.63, 3.8) is 0 Å². The first-order valence-electron chi connectivity index (χ1n) is 5.86. The molecule has 1 saturated carbocycles. The zero-order valence-corrected chi connectivity index (χ0v) is 10.5. The number of hydrogen-bond acceptors (Lipinski definition) is 3. The van der Waals surface area contributed by atoms with Crippen LogP contribution in [0.3, 0.4) is 0 Å². The normalized spacial score (nSPS) is 14.6. The Hall–Kier alpha value is -1.13. The minimum Gasteiger partial charge on any atom is -0.491 e. The molecular weight excluding hydrogens is 234 g/mol. The predicted molar refractivity (Wildman–Crippen MR) is 71.4 cm³/mol. The Labute approximate surface area is 107 Å². The van der Waals surface area contributed by atoms with E-state index in [9.17, 15) is 0 Å². The molecule has 3 nitrogen and oxygen atoms in total. The van der Waals surface area contributed by atoms with Gasteiger partial charge in [-0.1, -0.05) is 12.2 Å². The van der Waals surface area contributed by atoms with Gasteiger partial charge in [-0.25, -0.2) is 0 Å². The molecule has 0 aliphatic heterocycles. The summed E-state index contributed by atoms with van der Waals surface area (Å²) in [6.45, 7) is 2.11. The predicted octanol–water partition coefficient (Wildman–Crippen LogP) is 2.13. The minimum atomic E-state index is 0.407. The standard InChI is InChI=1S/C13H17NO2S/c14-13(17)11-3-5-12(6-4-11)16-8-7-15-9-10-1-2-10/h3-6,10H,1-2,7-9H2,(H2,14,17). The Bertz CT molecular complexity index is 374. The molecule has 92 valence electrons. The Morgan fingerprint density at radius 2 is 1.94 bits per heavy atom. The van der Waals surface area contributed by atoms with E-state index in [1.54, 1.807) is 0 Å². The van der Waals surface area contributed by atoms with E-state index >= 15 is 0 Å². The second-order valence-corrected chi connectivity index (χ2v) is 4.70. The van der Waals surface area contributed by atoms with Crippen molar-refractivity contribution in [1.82, 2.24) is 0 Å². The molecule has 1 aromatic rings. The van der Waals surface area contributed by atoms with Gasteiger partial charge < -0.3 is 15.2 Å². The summed E-state index contributed by atoms with van der Waals surface area (Å²) in [6, 6.07) is 7.47. The van der Waals surface area contributed by atoms with Gasteiger partial charge in [0.1, 0.15) is 17.3 Å². The third-order valence-corrected chi connectivity index (χ3v) is 2.92. The molecule has 0 amide bonds. The molecule has 0 atom stereocenters. The minimum absolute atomic E-state index is 0.407. The first kappa shape index (κ1) is 12.3. The highest BCUT2D eigenvalue weighted by molar-refractivity contribution is 7.80. The van der Waals surface area contributed by atoms with E-state index in [0.29, 0.717) is 18.2 Å². The average molecular weight is 251 g/mol. The van der Waals surface area contributed by atoms with Gasteiger partial charge in [0.15, 0.2) is 0 Å². The van der Waals surface area contributed by atoms with Gasteiger partial charge in [0.05, 0.1) is 6.61 Å². The van der Waals surface area contributed by atoms with Crippen molar-refractivity contribution >= 4 is 17.2 Å². The molecule has 2 rings (SSSR count). The molecule has 1 aliphatic rings. The summed E-state index contributed by atoms with van der Waals surface area (Å²) in [6.07, 6.45) is 2.64. The lowest BCUT2D eigenvalue weighted by molar-refractivity contribution is 0.0927. The van der Waals surface area contributed by atoms with Crippen molar-refractivity contribution in [2.45, 2.75) is 12.8 Å². The fraction of sp³-hybridized carbons (Fsp3) is 0.462. The molecule has 0 unspecified atom stereocenters. The highest BCUT2D eigenvalue weighted by atomic mass is 32.1. The van der Waals surface area contributed by atoms with Crippen LogP contribution < -0.4 is 10.5 Å². The van der Waals surface area contributed by atoms with Gasteiger partial charge in [0, 0.05) is 12.2 Å². The Morgan fingerprint density at radius 3 is 2.53 bits per heavy atom. The second kappa shape index (κ2) is 5.98. The van der Waals surface area contributed by atoms with Gasteiger partial charge in [0.2, 0.25) is 0 Å². The smallest absolute Gasteiger partial charge is 0.119 e. The summed E-state index contributed by atoms with van der Waals surface area (Å²) < 4.78 is 11.0. The zero-order chi connectivity index (χ0) is 12.1. The van der Waals surface area contributed by atoms with Crippen LogP contribution in [0.5, 0.6) is 5.75 Å². The van der Waals surface area contributed by atoms with Crippen molar-refractivity contribution in [1.29, 1.82) is 0 Å². The first-order chi connectivity index (χ1) is 8.25. The van der Waals surface area contributed by atoms with Crippen LogP contribution in [0.15, 0.2) is 24.3 Å². The van der Waals surface area contributed by atoms with E-state index in [2.05, 4.69) is 0 Å². The second-order valence-electron chi connectivity index (χ2n) is 4.26. The third-order valence-electron chi connectivity index (χ3n) is 2.69. The largest absolute Gasteiger partial charge is 0.491 e. The Morgan fingerprint density at radius 1 is 1.24 bits per heavy atom. The average Bonchev–Trinajstić information content (AvgIpc) is 3.13. The van der Waals surface area contributed by atoms with Crippen molar-refractivity contribution in [3.8, 4) is 5.75 Å². The van der Waals surface area contributed by atoms with Crippen LogP contribution in [0.2, 0.25) is 0 Å². The van der Waals surface area contributed by atoms with Crippen molar-refractivity contribution in [2.24, 2.45) is 11.7 Å². The number of thiocarbonyl (C=S) groups is 1. The van der Waals surface area contributed by atoms with Gasteiger partial charge in [0.25, 0.3) is 0 Å². The van der Waals surface area contributed by atoms with Crippen LogP contribution in [0, 0.1) is 5.92 Å². The molecule has 0 aromatic heterocycles. The van der Waals surface area contributed by atoms with E-state index in [0.717, 1.165) is 23.8 Å². The lowest BCUT2D eigenvalue weighted by Crippen LogP contribution is -2.10. The van der Waals surface area contributed by atoms with Crippen LogP contribution in [0.1, 0.15) is 18.4 Å². The molecule has 0 spiro atoms. The van der Waals surface area contributed by atoms with Gasteiger partial charge in [-0.3, -0.25) is 0 Å². The van der Waals surface area contributed by atoms with Crippen molar-refractivity contribution < 1.29 is 9.47 Å². The summed E-state index contributed by atoms with van der Waals surface area (Å²) in [5.41, 5.74) is 6.37. The molecule has 1 aromatic carbocycles. The molecule has 0 heterocycles. The van der Waals surface area contributed by atoms with Crippen molar-refractivity contribution in [3.05, 3.63) is 29.8 Å². The highest BCUT2D eigenvalue weighted by Gasteiger charge is 2.20. The third kappa shape index (κ3) is 4.32. The van der Waals surface area contributed by atoms with Gasteiger partial charge in [-0.15, -0.1) is 0 Å². The number of benzene rings is 1. The van der Waals surface area contributed by atoms with Crippen LogP contribution in [-0.4, -0.2) is 24.8 Å². The maximum absolute atomic E-state index is 5.53. The van der Waals surface area contributed by atoms with Gasteiger partial charge in [-0.05, 0) is 43.0 Å². The van der Waals surface area contributed by atoms with Crippen LogP contribution in [0.4, 0.5) is 0 Å². The van der Waals surface area contributed by atoms with E-state index in [1.165, 1.54) is 12.8 Å².